The van der Waals surface area contributed by atoms with E-state index in [9.17, 15) is 29.4 Å². The summed E-state index contributed by atoms with van der Waals surface area (Å²) in [7, 11) is 0. The van der Waals surface area contributed by atoms with Gasteiger partial charge in [0.15, 0.2) is 0 Å². The largest absolute Gasteiger partial charge is 0.508 e. The number of aromatic hydroxyl groups is 1. The summed E-state index contributed by atoms with van der Waals surface area (Å²) in [6.07, 6.45) is 4.61. The first-order chi connectivity index (χ1) is 20.1. The number of phenols is 1. The Hall–Kier alpha value is -5.17. The number of nitrogens with two attached hydrogens (primary N) is 1. The SMILES string of the molecule is CC(N)C(=O)NC(Cc1ccc(O)cc1)C(=O)NC(Cc1c[nH]c2ccccc12)C(=O)NC(Cc1cnc[nH]1)C(=O)O. The summed E-state index contributed by atoms with van der Waals surface area (Å²) >= 11 is 0. The maximum atomic E-state index is 13.6. The molecular formula is C29H33N7O6. The first-order valence-corrected chi connectivity index (χ1v) is 13.3. The van der Waals surface area contributed by atoms with Crippen LogP contribution in [0.15, 0.2) is 67.3 Å². The fourth-order valence-corrected chi connectivity index (χ4v) is 4.47. The number of nitrogens with zero attached hydrogens (tertiary/aromatic N) is 1. The third-order valence-corrected chi connectivity index (χ3v) is 6.75. The van der Waals surface area contributed by atoms with E-state index in [1.807, 2.05) is 24.3 Å². The van der Waals surface area contributed by atoms with E-state index in [1.54, 1.807) is 18.3 Å². The predicted octanol–water partition coefficient (Wildman–Crippen LogP) is 0.511. The van der Waals surface area contributed by atoms with E-state index in [1.165, 1.54) is 31.6 Å². The minimum absolute atomic E-state index is 0.0329. The zero-order valence-corrected chi connectivity index (χ0v) is 22.8. The molecule has 220 valence electrons. The molecule has 0 radical (unpaired) electrons. The monoisotopic (exact) mass is 575 g/mol. The lowest BCUT2D eigenvalue weighted by Crippen LogP contribution is -2.58. The van der Waals surface area contributed by atoms with Crippen LogP contribution in [0, 0.1) is 0 Å². The second kappa shape index (κ2) is 13.5. The molecule has 0 saturated heterocycles. The molecule has 0 spiro atoms. The number of aliphatic carboxylic acids is 1. The summed E-state index contributed by atoms with van der Waals surface area (Å²) in [4.78, 5) is 61.5. The number of para-hydroxylation sites is 1. The average Bonchev–Trinajstić information content (AvgIpc) is 3.63. The Labute approximate surface area is 240 Å². The van der Waals surface area contributed by atoms with Crippen LogP contribution in [0.1, 0.15) is 23.7 Å². The molecule has 3 amide bonds. The Kier molecular flexibility index (Phi) is 9.55. The van der Waals surface area contributed by atoms with Crippen LogP contribution in [0.25, 0.3) is 10.9 Å². The Morgan fingerprint density at radius 3 is 2.14 bits per heavy atom. The highest BCUT2D eigenvalue weighted by molar-refractivity contribution is 5.95. The van der Waals surface area contributed by atoms with Gasteiger partial charge in [-0.25, -0.2) is 9.78 Å². The highest BCUT2D eigenvalue weighted by Gasteiger charge is 2.31. The van der Waals surface area contributed by atoms with Crippen molar-refractivity contribution in [3.8, 4) is 5.75 Å². The topological polar surface area (TPSA) is 215 Å². The van der Waals surface area contributed by atoms with Crippen molar-refractivity contribution in [2.75, 3.05) is 0 Å². The number of fused-ring (bicyclic) bond motifs is 1. The molecule has 13 nitrogen and oxygen atoms in total. The third kappa shape index (κ3) is 7.73. The first kappa shape index (κ1) is 29.8. The minimum atomic E-state index is -1.30. The fraction of sp³-hybridized carbons (Fsp3) is 0.276. The second-order valence-corrected chi connectivity index (χ2v) is 10.0. The van der Waals surface area contributed by atoms with Crippen molar-refractivity contribution in [1.82, 2.24) is 30.9 Å². The van der Waals surface area contributed by atoms with Crippen LogP contribution in [-0.4, -0.2) is 73.0 Å². The van der Waals surface area contributed by atoms with Crippen LogP contribution >= 0.6 is 0 Å². The molecule has 2 heterocycles. The Balaban J connectivity index is 1.60. The molecular weight excluding hydrogens is 542 g/mol. The number of aromatic nitrogens is 3. The number of amides is 3. The van der Waals surface area contributed by atoms with Crippen LogP contribution in [0.4, 0.5) is 0 Å². The number of carboxylic acids is 1. The van der Waals surface area contributed by atoms with E-state index < -0.39 is 47.9 Å². The number of nitrogens with one attached hydrogen (secondary N) is 5. The first-order valence-electron chi connectivity index (χ1n) is 13.3. The van der Waals surface area contributed by atoms with Crippen LogP contribution in [0.5, 0.6) is 5.75 Å². The van der Waals surface area contributed by atoms with Gasteiger partial charge in [-0.2, -0.15) is 0 Å². The van der Waals surface area contributed by atoms with E-state index in [4.69, 9.17) is 5.73 Å². The van der Waals surface area contributed by atoms with Crippen molar-refractivity contribution in [2.24, 2.45) is 5.73 Å². The van der Waals surface area contributed by atoms with Crippen LogP contribution in [-0.2, 0) is 38.4 Å². The highest BCUT2D eigenvalue weighted by atomic mass is 16.4. The van der Waals surface area contributed by atoms with Crippen molar-refractivity contribution >= 4 is 34.6 Å². The zero-order chi connectivity index (χ0) is 30.2. The molecule has 42 heavy (non-hydrogen) atoms. The number of rotatable bonds is 13. The number of hydrogen-bond acceptors (Lipinski definition) is 7. The van der Waals surface area contributed by atoms with Crippen molar-refractivity contribution in [1.29, 1.82) is 0 Å². The van der Waals surface area contributed by atoms with Gasteiger partial charge in [0, 0.05) is 48.3 Å². The average molecular weight is 576 g/mol. The maximum absolute atomic E-state index is 13.6. The standard InChI is InChI=1S/C29H33N7O6/c1-16(30)26(38)34-23(10-17-6-8-20(37)9-7-17)27(39)35-24(11-18-13-32-22-5-3-2-4-21(18)22)28(40)36-25(29(41)42)12-19-14-31-15-33-19/h2-9,13-16,23-25,32,37H,10-12,30H2,1H3,(H,31,33)(H,34,38)(H,35,39)(H,36,40)(H,41,42). The van der Waals surface area contributed by atoms with E-state index in [0.717, 1.165) is 16.5 Å². The number of imidazole rings is 1. The third-order valence-electron chi connectivity index (χ3n) is 6.75. The molecule has 9 N–H and O–H groups in total. The molecule has 2 aromatic carbocycles. The van der Waals surface area contributed by atoms with Gasteiger partial charge < -0.3 is 41.9 Å². The molecule has 0 aliphatic heterocycles. The van der Waals surface area contributed by atoms with Gasteiger partial charge in [-0.1, -0.05) is 30.3 Å². The summed E-state index contributed by atoms with van der Waals surface area (Å²) < 4.78 is 0. The van der Waals surface area contributed by atoms with Crippen LogP contribution in [0.3, 0.4) is 0 Å². The van der Waals surface area contributed by atoms with E-state index in [2.05, 4.69) is 30.9 Å². The van der Waals surface area contributed by atoms with E-state index >= 15 is 0 Å². The molecule has 0 fully saturated rings. The molecule has 0 saturated carbocycles. The molecule has 4 rings (SSSR count). The van der Waals surface area contributed by atoms with Gasteiger partial charge >= 0.3 is 5.97 Å². The van der Waals surface area contributed by atoms with Gasteiger partial charge in [0.05, 0.1) is 12.4 Å². The Morgan fingerprint density at radius 1 is 0.857 bits per heavy atom. The van der Waals surface area contributed by atoms with Gasteiger partial charge in [0.1, 0.15) is 23.9 Å². The van der Waals surface area contributed by atoms with Gasteiger partial charge in [-0.05, 0) is 36.2 Å². The molecule has 0 bridgehead atoms. The fourth-order valence-electron chi connectivity index (χ4n) is 4.47. The molecule has 0 aliphatic rings. The lowest BCUT2D eigenvalue weighted by molar-refractivity contribution is -0.142. The van der Waals surface area contributed by atoms with Crippen LogP contribution < -0.4 is 21.7 Å². The zero-order valence-electron chi connectivity index (χ0n) is 22.8. The van der Waals surface area contributed by atoms with Crippen molar-refractivity contribution in [2.45, 2.75) is 50.4 Å². The number of benzene rings is 2. The van der Waals surface area contributed by atoms with E-state index in [-0.39, 0.29) is 25.0 Å². The van der Waals surface area contributed by atoms with Gasteiger partial charge in [-0.3, -0.25) is 14.4 Å². The van der Waals surface area contributed by atoms with E-state index in [0.29, 0.717) is 11.3 Å². The smallest absolute Gasteiger partial charge is 0.326 e. The van der Waals surface area contributed by atoms with Crippen molar-refractivity contribution in [3.63, 3.8) is 0 Å². The molecule has 0 aliphatic carbocycles. The quantitative estimate of drug-likeness (QED) is 0.112. The lowest BCUT2D eigenvalue weighted by Gasteiger charge is -2.25. The highest BCUT2D eigenvalue weighted by Crippen LogP contribution is 2.20. The van der Waals surface area contributed by atoms with Gasteiger partial charge in [0.25, 0.3) is 0 Å². The summed E-state index contributed by atoms with van der Waals surface area (Å²) in [5.74, 6) is -3.18. The Bertz CT molecular complexity index is 1530. The van der Waals surface area contributed by atoms with Gasteiger partial charge in [-0.15, -0.1) is 0 Å². The van der Waals surface area contributed by atoms with Crippen molar-refractivity contribution in [3.05, 3.63) is 84.1 Å². The number of carbonyl (C=O) groups is 4. The number of carbonyl (C=O) groups excluding carboxylic acids is 3. The second-order valence-electron chi connectivity index (χ2n) is 10.0. The summed E-state index contributed by atoms with van der Waals surface area (Å²) in [6, 6.07) is 9.05. The number of phenolic OH excluding ortho intramolecular Hbond substituents is 1. The maximum Gasteiger partial charge on any atom is 0.326 e. The van der Waals surface area contributed by atoms with Crippen molar-refractivity contribution < 1.29 is 29.4 Å². The molecule has 4 aromatic rings. The molecule has 4 unspecified atom stereocenters. The van der Waals surface area contributed by atoms with Gasteiger partial charge in [0.2, 0.25) is 17.7 Å². The number of carboxylic acid groups (broad SMARTS) is 1. The predicted molar refractivity (Wildman–Crippen MR) is 153 cm³/mol. The summed E-state index contributed by atoms with van der Waals surface area (Å²) in [5, 5.41) is 28.1. The molecule has 13 heteroatoms. The minimum Gasteiger partial charge on any atom is -0.508 e. The lowest BCUT2D eigenvalue weighted by atomic mass is 10.0. The number of hydrogen-bond donors (Lipinski definition) is 8. The molecule has 4 atom stereocenters. The number of aromatic amines is 2. The van der Waals surface area contributed by atoms with Crippen LogP contribution in [0.2, 0.25) is 0 Å². The molecule has 2 aromatic heterocycles. The Morgan fingerprint density at radius 2 is 1.50 bits per heavy atom. The summed E-state index contributed by atoms with van der Waals surface area (Å²) in [5.41, 5.74) is 8.42. The number of H-pyrrole nitrogens is 2. The normalized spacial score (nSPS) is 14.0. The summed E-state index contributed by atoms with van der Waals surface area (Å²) in [6.45, 7) is 1.48.